The molecule has 1 fully saturated rings. The summed E-state index contributed by atoms with van der Waals surface area (Å²) in [6.45, 7) is 0.109. The zero-order valence-corrected chi connectivity index (χ0v) is 9.41. The maximum Gasteiger partial charge on any atom is 0.224 e. The van der Waals surface area contributed by atoms with Crippen molar-refractivity contribution >= 4 is 17.4 Å². The average molecular weight is 246 g/mol. The van der Waals surface area contributed by atoms with Crippen LogP contribution in [0.15, 0.2) is 6.20 Å². The topological polar surface area (TPSA) is 58.0 Å². The quantitative estimate of drug-likeness (QED) is 0.798. The molecule has 0 radical (unpaired) electrons. The van der Waals surface area contributed by atoms with Gasteiger partial charge in [-0.25, -0.2) is 9.37 Å². The predicted octanol–water partition coefficient (Wildman–Crippen LogP) is 1.84. The number of nitrogens with zero attached hydrogens (tertiary/aromatic N) is 2. The molecule has 88 valence electrons. The van der Waals surface area contributed by atoms with Crippen LogP contribution in [0, 0.1) is 11.7 Å². The van der Waals surface area contributed by atoms with Gasteiger partial charge in [-0.15, -0.1) is 0 Å². The molecular weight excluding hydrogens is 233 g/mol. The number of aromatic nitrogens is 2. The fourth-order valence-corrected chi connectivity index (χ4v) is 2.20. The molecule has 1 aliphatic carbocycles. The zero-order chi connectivity index (χ0) is 11.5. The summed E-state index contributed by atoms with van der Waals surface area (Å²) in [5.74, 6) is -0.244. The second kappa shape index (κ2) is 4.93. The van der Waals surface area contributed by atoms with Gasteiger partial charge in [-0.1, -0.05) is 6.42 Å². The summed E-state index contributed by atoms with van der Waals surface area (Å²) < 4.78 is 13.3. The Bertz CT molecular complexity index is 377. The minimum Gasteiger partial charge on any atom is -0.396 e. The lowest BCUT2D eigenvalue weighted by Gasteiger charge is -2.19. The van der Waals surface area contributed by atoms with Gasteiger partial charge in [-0.05, 0) is 24.4 Å². The maximum atomic E-state index is 13.3. The number of aliphatic hydroxyl groups excluding tert-OH is 1. The molecule has 16 heavy (non-hydrogen) atoms. The molecule has 2 atom stereocenters. The molecule has 1 saturated carbocycles. The van der Waals surface area contributed by atoms with Crippen molar-refractivity contribution in [1.29, 1.82) is 0 Å². The third-order valence-electron chi connectivity index (χ3n) is 2.93. The summed E-state index contributed by atoms with van der Waals surface area (Å²) in [7, 11) is 0. The van der Waals surface area contributed by atoms with Gasteiger partial charge >= 0.3 is 0 Å². The summed E-state index contributed by atoms with van der Waals surface area (Å²) >= 11 is 5.59. The highest BCUT2D eigenvalue weighted by Crippen LogP contribution is 2.28. The molecule has 0 aliphatic heterocycles. The lowest BCUT2D eigenvalue weighted by atomic mass is 10.1. The Labute approximate surface area is 97.9 Å². The van der Waals surface area contributed by atoms with Crippen molar-refractivity contribution < 1.29 is 9.50 Å². The second-order valence-corrected chi connectivity index (χ2v) is 4.30. The van der Waals surface area contributed by atoms with Crippen LogP contribution in [-0.4, -0.2) is 27.7 Å². The van der Waals surface area contributed by atoms with Gasteiger partial charge in [0.2, 0.25) is 5.28 Å². The molecule has 0 aromatic carbocycles. The minimum absolute atomic E-state index is 0.0162. The predicted molar refractivity (Wildman–Crippen MR) is 58.8 cm³/mol. The molecule has 2 unspecified atom stereocenters. The molecule has 1 heterocycles. The van der Waals surface area contributed by atoms with E-state index in [9.17, 15) is 4.39 Å². The van der Waals surface area contributed by atoms with E-state index in [0.29, 0.717) is 0 Å². The summed E-state index contributed by atoms with van der Waals surface area (Å²) in [5.41, 5.74) is 0. The van der Waals surface area contributed by atoms with Crippen LogP contribution in [-0.2, 0) is 0 Å². The standard InChI is InChI=1S/C10H13ClFN3O/c11-10-13-4-7(12)9(15-10)14-8-3-1-2-6(8)5-16/h4,6,8,16H,1-3,5H2,(H,13,14,15). The van der Waals surface area contributed by atoms with E-state index in [-0.39, 0.29) is 29.7 Å². The van der Waals surface area contributed by atoms with E-state index in [0.717, 1.165) is 25.5 Å². The lowest BCUT2D eigenvalue weighted by molar-refractivity contribution is 0.222. The highest BCUT2D eigenvalue weighted by Gasteiger charge is 2.27. The molecule has 4 nitrogen and oxygen atoms in total. The first-order chi connectivity index (χ1) is 7.70. The number of aliphatic hydroxyl groups is 1. The number of anilines is 1. The maximum absolute atomic E-state index is 13.3. The molecule has 0 saturated heterocycles. The fourth-order valence-electron chi connectivity index (χ4n) is 2.07. The van der Waals surface area contributed by atoms with Crippen molar-refractivity contribution in [2.24, 2.45) is 5.92 Å². The molecule has 2 rings (SSSR count). The fraction of sp³-hybridized carbons (Fsp3) is 0.600. The van der Waals surface area contributed by atoms with E-state index in [2.05, 4.69) is 15.3 Å². The van der Waals surface area contributed by atoms with Crippen molar-refractivity contribution in [3.63, 3.8) is 0 Å². The summed E-state index contributed by atoms with van der Waals surface area (Å²) in [6.07, 6.45) is 3.94. The molecule has 2 N–H and O–H groups in total. The van der Waals surface area contributed by atoms with Crippen LogP contribution >= 0.6 is 11.6 Å². The lowest BCUT2D eigenvalue weighted by Crippen LogP contribution is -2.27. The molecule has 0 bridgehead atoms. The van der Waals surface area contributed by atoms with E-state index in [1.807, 2.05) is 0 Å². The van der Waals surface area contributed by atoms with E-state index in [4.69, 9.17) is 16.7 Å². The Morgan fingerprint density at radius 1 is 1.56 bits per heavy atom. The van der Waals surface area contributed by atoms with Crippen LogP contribution in [0.1, 0.15) is 19.3 Å². The Kier molecular flexibility index (Phi) is 3.56. The third kappa shape index (κ3) is 2.41. The zero-order valence-electron chi connectivity index (χ0n) is 8.66. The van der Waals surface area contributed by atoms with Gasteiger partial charge in [0.05, 0.1) is 6.20 Å². The number of rotatable bonds is 3. The Morgan fingerprint density at radius 2 is 2.38 bits per heavy atom. The highest BCUT2D eigenvalue weighted by atomic mass is 35.5. The summed E-state index contributed by atoms with van der Waals surface area (Å²) in [5, 5.41) is 12.1. The van der Waals surface area contributed by atoms with E-state index < -0.39 is 5.82 Å². The van der Waals surface area contributed by atoms with Gasteiger partial charge in [0.25, 0.3) is 0 Å². The van der Waals surface area contributed by atoms with Crippen LogP contribution in [0.5, 0.6) is 0 Å². The van der Waals surface area contributed by atoms with Crippen LogP contribution < -0.4 is 5.32 Å². The average Bonchev–Trinajstić information content (AvgIpc) is 2.71. The van der Waals surface area contributed by atoms with Gasteiger partial charge in [0, 0.05) is 18.6 Å². The van der Waals surface area contributed by atoms with E-state index in [1.165, 1.54) is 0 Å². The molecule has 1 aliphatic rings. The van der Waals surface area contributed by atoms with Crippen molar-refractivity contribution in [3.8, 4) is 0 Å². The first-order valence-electron chi connectivity index (χ1n) is 5.26. The molecule has 6 heteroatoms. The minimum atomic E-state index is -0.520. The second-order valence-electron chi connectivity index (χ2n) is 3.96. The number of hydrogen-bond donors (Lipinski definition) is 2. The van der Waals surface area contributed by atoms with Crippen LogP contribution in [0.25, 0.3) is 0 Å². The van der Waals surface area contributed by atoms with Crippen molar-refractivity contribution in [1.82, 2.24) is 9.97 Å². The Hall–Kier alpha value is -0.940. The number of hydrogen-bond acceptors (Lipinski definition) is 4. The largest absolute Gasteiger partial charge is 0.396 e. The molecule has 0 amide bonds. The van der Waals surface area contributed by atoms with Crippen LogP contribution in [0.3, 0.4) is 0 Å². The van der Waals surface area contributed by atoms with E-state index in [1.54, 1.807) is 0 Å². The first-order valence-corrected chi connectivity index (χ1v) is 5.64. The Morgan fingerprint density at radius 3 is 3.12 bits per heavy atom. The summed E-state index contributed by atoms with van der Waals surface area (Å²) in [4.78, 5) is 7.33. The van der Waals surface area contributed by atoms with Crippen molar-refractivity contribution in [2.45, 2.75) is 25.3 Å². The molecular formula is C10H13ClFN3O. The Balaban J connectivity index is 2.11. The van der Waals surface area contributed by atoms with Crippen LogP contribution in [0.2, 0.25) is 5.28 Å². The third-order valence-corrected chi connectivity index (χ3v) is 3.11. The molecule has 0 spiro atoms. The highest BCUT2D eigenvalue weighted by molar-refractivity contribution is 6.28. The summed E-state index contributed by atoms with van der Waals surface area (Å²) in [6, 6.07) is 0.0606. The number of halogens is 2. The molecule has 1 aromatic rings. The van der Waals surface area contributed by atoms with Crippen LogP contribution in [0.4, 0.5) is 10.2 Å². The van der Waals surface area contributed by atoms with Crippen molar-refractivity contribution in [3.05, 3.63) is 17.3 Å². The van der Waals surface area contributed by atoms with Gasteiger partial charge in [0.1, 0.15) is 0 Å². The van der Waals surface area contributed by atoms with Gasteiger partial charge in [-0.3, -0.25) is 0 Å². The first kappa shape index (κ1) is 11.5. The van der Waals surface area contributed by atoms with Gasteiger partial charge in [0.15, 0.2) is 11.6 Å². The SMILES string of the molecule is OCC1CCCC1Nc1nc(Cl)ncc1F. The molecule has 1 aromatic heterocycles. The van der Waals surface area contributed by atoms with Crippen molar-refractivity contribution in [2.75, 3.05) is 11.9 Å². The number of nitrogens with one attached hydrogen (secondary N) is 1. The van der Waals surface area contributed by atoms with E-state index >= 15 is 0 Å². The smallest absolute Gasteiger partial charge is 0.224 e. The van der Waals surface area contributed by atoms with Gasteiger partial charge in [-0.2, -0.15) is 4.98 Å². The monoisotopic (exact) mass is 245 g/mol. The van der Waals surface area contributed by atoms with Gasteiger partial charge < -0.3 is 10.4 Å². The normalized spacial score (nSPS) is 24.7.